The van der Waals surface area contributed by atoms with Gasteiger partial charge in [-0.3, -0.25) is 0 Å². The van der Waals surface area contributed by atoms with Gasteiger partial charge in [-0.2, -0.15) is 18.3 Å². The van der Waals surface area contributed by atoms with Crippen LogP contribution in [0.15, 0.2) is 48.6 Å². The summed E-state index contributed by atoms with van der Waals surface area (Å²) >= 11 is 0. The predicted molar refractivity (Wildman–Crippen MR) is 71.4 cm³/mol. The molecule has 0 spiro atoms. The van der Waals surface area contributed by atoms with Gasteiger partial charge in [-0.1, -0.05) is 5.59 Å². The van der Waals surface area contributed by atoms with Crippen LogP contribution in [-0.2, 0) is 4.84 Å². The van der Waals surface area contributed by atoms with Crippen LogP contribution in [-0.4, -0.2) is 27.0 Å². The second-order valence-electron chi connectivity index (χ2n) is 4.55. The molecule has 2 aromatic rings. The number of benzene rings is 1. The molecule has 120 valence electrons. The van der Waals surface area contributed by atoms with E-state index in [0.29, 0.717) is 11.4 Å². The summed E-state index contributed by atoms with van der Waals surface area (Å²) in [6.07, 6.45) is -1.27. The van der Waals surface area contributed by atoms with Crippen molar-refractivity contribution in [2.75, 3.05) is 5.01 Å². The second-order valence-corrected chi connectivity index (χ2v) is 4.55. The molecule has 3 rings (SSSR count). The van der Waals surface area contributed by atoms with E-state index in [2.05, 4.69) is 15.5 Å². The Hall–Kier alpha value is -3.01. The highest BCUT2D eigenvalue weighted by atomic mass is 19.4. The van der Waals surface area contributed by atoms with Gasteiger partial charge in [0, 0.05) is 6.20 Å². The first-order valence-electron chi connectivity index (χ1n) is 6.24. The van der Waals surface area contributed by atoms with E-state index in [0.717, 1.165) is 11.2 Å². The Morgan fingerprint density at radius 3 is 2.39 bits per heavy atom. The minimum atomic E-state index is -4.58. The van der Waals surface area contributed by atoms with Crippen LogP contribution in [0.1, 0.15) is 10.4 Å². The van der Waals surface area contributed by atoms with Crippen molar-refractivity contribution in [3.63, 3.8) is 0 Å². The van der Waals surface area contributed by atoms with Crippen LogP contribution in [0.2, 0.25) is 0 Å². The number of allylic oxidation sites excluding steroid dienone is 1. The third-order valence-corrected chi connectivity index (χ3v) is 3.00. The highest BCUT2D eigenvalue weighted by Crippen LogP contribution is 2.30. The summed E-state index contributed by atoms with van der Waals surface area (Å²) in [6.45, 7) is 0. The van der Waals surface area contributed by atoms with Gasteiger partial charge in [0.25, 0.3) is 0 Å². The molecule has 1 aliphatic heterocycles. The zero-order chi connectivity index (χ0) is 16.6. The molecule has 0 saturated carbocycles. The van der Waals surface area contributed by atoms with Crippen LogP contribution in [0.25, 0.3) is 5.69 Å². The van der Waals surface area contributed by atoms with Crippen LogP contribution in [0, 0.1) is 0 Å². The maximum Gasteiger partial charge on any atom is 0.453 e. The van der Waals surface area contributed by atoms with Crippen LogP contribution >= 0.6 is 0 Å². The van der Waals surface area contributed by atoms with Crippen LogP contribution < -0.4 is 10.6 Å². The number of hydrogen-bond donors (Lipinski definition) is 2. The van der Waals surface area contributed by atoms with Gasteiger partial charge in [-0.05, 0) is 24.3 Å². The number of carbonyl (C=O) groups is 1. The molecule has 0 radical (unpaired) electrons. The lowest BCUT2D eigenvalue weighted by atomic mass is 10.2. The van der Waals surface area contributed by atoms with Gasteiger partial charge in [0.2, 0.25) is 5.76 Å². The summed E-state index contributed by atoms with van der Waals surface area (Å²) < 4.78 is 38.8. The van der Waals surface area contributed by atoms with Crippen molar-refractivity contribution in [3.8, 4) is 5.69 Å². The number of nitrogens with one attached hydrogen (secondary N) is 1. The fraction of sp³-hybridized carbons (Fsp3) is 0.0769. The lowest BCUT2D eigenvalue weighted by molar-refractivity contribution is -0.136. The standard InChI is InChI=1S/C13H9F3N4O3/c14-13(15,16)11-7-20(18-23-11)10-3-1-9(2-4-10)19-6-8(5-17-19)12(21)22/h1-7,18H,(H,21,22). The smallest absolute Gasteiger partial charge is 0.453 e. The van der Waals surface area contributed by atoms with Crippen molar-refractivity contribution in [2.45, 2.75) is 6.18 Å². The quantitative estimate of drug-likeness (QED) is 0.900. The fourth-order valence-corrected chi connectivity index (χ4v) is 1.87. The molecule has 10 heteroatoms. The van der Waals surface area contributed by atoms with Gasteiger partial charge in [-0.15, -0.1) is 0 Å². The molecule has 7 nitrogen and oxygen atoms in total. The Morgan fingerprint density at radius 2 is 1.87 bits per heavy atom. The molecule has 1 aromatic heterocycles. The monoisotopic (exact) mass is 326 g/mol. The summed E-state index contributed by atoms with van der Waals surface area (Å²) in [7, 11) is 0. The van der Waals surface area contributed by atoms with E-state index in [1.54, 1.807) is 12.1 Å². The minimum Gasteiger partial charge on any atom is -0.478 e. The number of halogens is 3. The molecule has 0 unspecified atom stereocenters. The van der Waals surface area contributed by atoms with Gasteiger partial charge in [0.05, 0.1) is 29.3 Å². The maximum atomic E-state index is 12.5. The van der Waals surface area contributed by atoms with E-state index < -0.39 is 17.9 Å². The topological polar surface area (TPSA) is 79.6 Å². The SMILES string of the molecule is O=C(O)c1cnn(-c2ccc(N3C=C(C(F)(F)F)ON3)cc2)c1. The molecule has 0 fully saturated rings. The number of aromatic carboxylic acids is 1. The number of nitrogens with zero attached hydrogens (tertiary/aromatic N) is 3. The third-order valence-electron chi connectivity index (χ3n) is 3.00. The first kappa shape index (κ1) is 14.9. The van der Waals surface area contributed by atoms with Crippen molar-refractivity contribution in [1.82, 2.24) is 15.4 Å². The molecule has 0 atom stereocenters. The van der Waals surface area contributed by atoms with Crippen LogP contribution in [0.4, 0.5) is 18.9 Å². The molecule has 0 bridgehead atoms. The number of carboxylic acids is 1. The number of carboxylic acid groups (broad SMARTS) is 1. The number of alkyl halides is 3. The lowest BCUT2D eigenvalue weighted by Gasteiger charge is -2.14. The van der Waals surface area contributed by atoms with E-state index in [9.17, 15) is 18.0 Å². The summed E-state index contributed by atoms with van der Waals surface area (Å²) in [6, 6.07) is 6.22. The fourth-order valence-electron chi connectivity index (χ4n) is 1.87. The van der Waals surface area contributed by atoms with Crippen molar-refractivity contribution >= 4 is 11.7 Å². The van der Waals surface area contributed by atoms with Crippen LogP contribution in [0.3, 0.4) is 0 Å². The Bertz CT molecular complexity index is 768. The Balaban J connectivity index is 1.80. The molecular weight excluding hydrogens is 317 g/mol. The highest BCUT2D eigenvalue weighted by molar-refractivity contribution is 5.87. The van der Waals surface area contributed by atoms with Gasteiger partial charge >= 0.3 is 12.1 Å². The summed E-state index contributed by atoms with van der Waals surface area (Å²) in [5.41, 5.74) is 3.12. The van der Waals surface area contributed by atoms with E-state index in [-0.39, 0.29) is 5.56 Å². The lowest BCUT2D eigenvalue weighted by Crippen LogP contribution is -2.27. The first-order chi connectivity index (χ1) is 10.8. The molecule has 23 heavy (non-hydrogen) atoms. The number of hydrazine groups is 1. The van der Waals surface area contributed by atoms with Crippen molar-refractivity contribution in [2.24, 2.45) is 0 Å². The Kier molecular flexibility index (Phi) is 3.45. The molecule has 0 aliphatic carbocycles. The maximum absolute atomic E-state index is 12.5. The summed E-state index contributed by atoms with van der Waals surface area (Å²) in [4.78, 5) is 15.2. The molecule has 0 amide bonds. The average molecular weight is 326 g/mol. The molecule has 2 heterocycles. The summed E-state index contributed by atoms with van der Waals surface area (Å²) in [5.74, 6) is -2.25. The normalized spacial score (nSPS) is 14.6. The zero-order valence-electron chi connectivity index (χ0n) is 11.3. The number of hydrogen-bond acceptors (Lipinski definition) is 5. The number of rotatable bonds is 3. The van der Waals surface area contributed by atoms with E-state index in [1.165, 1.54) is 29.2 Å². The second kappa shape index (κ2) is 5.32. The van der Waals surface area contributed by atoms with Gasteiger partial charge < -0.3 is 9.94 Å². The van der Waals surface area contributed by atoms with E-state index in [1.807, 2.05) is 0 Å². The van der Waals surface area contributed by atoms with Gasteiger partial charge in [-0.25, -0.2) is 14.5 Å². The van der Waals surface area contributed by atoms with Gasteiger partial charge in [0.15, 0.2) is 0 Å². The highest BCUT2D eigenvalue weighted by Gasteiger charge is 2.40. The molecule has 1 aliphatic rings. The largest absolute Gasteiger partial charge is 0.478 e. The first-order valence-corrected chi connectivity index (χ1v) is 6.24. The Labute approximate surface area is 127 Å². The molecule has 1 aromatic carbocycles. The van der Waals surface area contributed by atoms with Gasteiger partial charge in [0.1, 0.15) is 0 Å². The van der Waals surface area contributed by atoms with Crippen LogP contribution in [0.5, 0.6) is 0 Å². The number of aromatic nitrogens is 2. The average Bonchev–Trinajstić information content (AvgIpc) is 3.16. The number of anilines is 1. The molecule has 0 saturated heterocycles. The predicted octanol–water partition coefficient (Wildman–Crippen LogP) is 2.23. The minimum absolute atomic E-state index is 0.0291. The molecular formula is C13H9F3N4O3. The van der Waals surface area contributed by atoms with Crippen molar-refractivity contribution in [3.05, 3.63) is 54.2 Å². The van der Waals surface area contributed by atoms with Crippen molar-refractivity contribution in [1.29, 1.82) is 0 Å². The summed E-state index contributed by atoms with van der Waals surface area (Å²) in [5, 5.41) is 13.8. The zero-order valence-corrected chi connectivity index (χ0v) is 11.3. The van der Waals surface area contributed by atoms with E-state index >= 15 is 0 Å². The Morgan fingerprint density at radius 1 is 1.22 bits per heavy atom. The molecule has 2 N–H and O–H groups in total. The van der Waals surface area contributed by atoms with E-state index in [4.69, 9.17) is 5.11 Å². The van der Waals surface area contributed by atoms with Crippen molar-refractivity contribution < 1.29 is 27.9 Å². The third kappa shape index (κ3) is 2.97.